The van der Waals surface area contributed by atoms with Crippen molar-refractivity contribution in [3.05, 3.63) is 0 Å². The monoisotopic (exact) mass is 424 g/mol. The Hall–Kier alpha value is 0.154. The SMILES string of the molecule is CO[Si](CCCNCC(C)C)(OC)O[Si](CCCNCC(C)C)(OC)OC. The number of nitrogens with one attached hydrogen (secondary N) is 2. The van der Waals surface area contributed by atoms with E-state index in [9.17, 15) is 0 Å². The van der Waals surface area contributed by atoms with Crippen molar-refractivity contribution in [2.45, 2.75) is 52.6 Å². The van der Waals surface area contributed by atoms with Crippen LogP contribution in [-0.4, -0.2) is 72.2 Å². The molecule has 0 heterocycles. The van der Waals surface area contributed by atoms with Crippen LogP contribution in [0.3, 0.4) is 0 Å². The van der Waals surface area contributed by atoms with Crippen LogP contribution in [-0.2, 0) is 21.8 Å². The standard InChI is InChI=1S/C18H44N2O5Si2/c1-17(2)15-19-11-9-13-26(21-5,22-6)25-27(23-7,24-8)14-10-12-20-16-18(3)4/h17-20H,9-16H2,1-8H3. The quantitative estimate of drug-likeness (QED) is 0.259. The van der Waals surface area contributed by atoms with Crippen LogP contribution in [0.15, 0.2) is 0 Å². The smallest absolute Gasteiger partial charge is 0.377 e. The Labute approximate surface area is 169 Å². The Morgan fingerprint density at radius 2 is 0.963 bits per heavy atom. The van der Waals surface area contributed by atoms with Crippen molar-refractivity contribution in [1.82, 2.24) is 10.6 Å². The molecule has 7 nitrogen and oxygen atoms in total. The fourth-order valence-electron chi connectivity index (χ4n) is 2.72. The minimum Gasteiger partial charge on any atom is -0.377 e. The van der Waals surface area contributed by atoms with Crippen LogP contribution >= 0.6 is 0 Å². The van der Waals surface area contributed by atoms with Crippen LogP contribution in [0.4, 0.5) is 0 Å². The molecule has 164 valence electrons. The van der Waals surface area contributed by atoms with Crippen molar-refractivity contribution in [1.29, 1.82) is 0 Å². The van der Waals surface area contributed by atoms with Crippen molar-refractivity contribution in [3.63, 3.8) is 0 Å². The molecule has 0 aromatic heterocycles. The Morgan fingerprint density at radius 3 is 1.22 bits per heavy atom. The minimum atomic E-state index is -2.83. The zero-order chi connectivity index (χ0) is 20.8. The van der Waals surface area contributed by atoms with Gasteiger partial charge in [-0.1, -0.05) is 27.7 Å². The Balaban J connectivity index is 4.68. The molecule has 9 heteroatoms. The highest BCUT2D eigenvalue weighted by atomic mass is 28.5. The third-order valence-corrected chi connectivity index (χ3v) is 11.2. The molecule has 0 spiro atoms. The summed E-state index contributed by atoms with van der Waals surface area (Å²) in [5, 5.41) is 6.90. The van der Waals surface area contributed by atoms with Crippen molar-refractivity contribution in [2.24, 2.45) is 11.8 Å². The first-order chi connectivity index (χ1) is 12.8. The second-order valence-electron chi connectivity index (χ2n) is 7.69. The summed E-state index contributed by atoms with van der Waals surface area (Å²) >= 11 is 0. The van der Waals surface area contributed by atoms with Gasteiger partial charge in [0, 0.05) is 40.5 Å². The average molecular weight is 425 g/mol. The predicted molar refractivity (Wildman–Crippen MR) is 115 cm³/mol. The molecule has 0 aliphatic carbocycles. The molecule has 0 rings (SSSR count). The van der Waals surface area contributed by atoms with Gasteiger partial charge in [-0.2, -0.15) is 0 Å². The summed E-state index contributed by atoms with van der Waals surface area (Å²) in [6.45, 7) is 12.6. The van der Waals surface area contributed by atoms with Gasteiger partial charge in [-0.05, 0) is 50.9 Å². The molecule has 0 aliphatic heterocycles. The topological polar surface area (TPSA) is 70.2 Å². The van der Waals surface area contributed by atoms with Gasteiger partial charge in [0.15, 0.2) is 0 Å². The summed E-state index contributed by atoms with van der Waals surface area (Å²) in [5.41, 5.74) is 0. The maximum Gasteiger partial charge on any atom is 0.493 e. The fraction of sp³-hybridized carbons (Fsp3) is 1.00. The lowest BCUT2D eigenvalue weighted by Crippen LogP contribution is -2.57. The van der Waals surface area contributed by atoms with Crippen LogP contribution in [0.25, 0.3) is 0 Å². The summed E-state index contributed by atoms with van der Waals surface area (Å²) in [6, 6.07) is 1.47. The van der Waals surface area contributed by atoms with Gasteiger partial charge in [-0.15, -0.1) is 0 Å². The van der Waals surface area contributed by atoms with E-state index in [1.54, 1.807) is 28.4 Å². The molecular weight excluding hydrogens is 380 g/mol. The van der Waals surface area contributed by atoms with Gasteiger partial charge < -0.3 is 32.5 Å². The molecule has 0 saturated carbocycles. The molecule has 0 aliphatic rings. The van der Waals surface area contributed by atoms with Crippen LogP contribution in [0.5, 0.6) is 0 Å². The molecule has 0 unspecified atom stereocenters. The van der Waals surface area contributed by atoms with E-state index < -0.39 is 17.6 Å². The van der Waals surface area contributed by atoms with Crippen LogP contribution < -0.4 is 10.6 Å². The lowest BCUT2D eigenvalue weighted by atomic mass is 10.2. The third kappa shape index (κ3) is 11.7. The highest BCUT2D eigenvalue weighted by molar-refractivity contribution is 6.74. The van der Waals surface area contributed by atoms with E-state index in [0.29, 0.717) is 11.8 Å². The minimum absolute atomic E-state index is 0.638. The molecule has 0 aromatic rings. The molecule has 0 aromatic carbocycles. The first kappa shape index (κ1) is 27.2. The number of hydrogen-bond donors (Lipinski definition) is 2. The summed E-state index contributed by atoms with van der Waals surface area (Å²) in [4.78, 5) is 0. The highest BCUT2D eigenvalue weighted by Gasteiger charge is 2.51. The summed E-state index contributed by atoms with van der Waals surface area (Å²) in [7, 11) is 0.969. The van der Waals surface area contributed by atoms with E-state index in [1.807, 2.05) is 0 Å². The Kier molecular flexibility index (Phi) is 15.1. The normalized spacial score (nSPS) is 13.1. The molecule has 0 atom stereocenters. The first-order valence-electron chi connectivity index (χ1n) is 10.1. The molecule has 2 N–H and O–H groups in total. The van der Waals surface area contributed by atoms with E-state index in [-0.39, 0.29) is 0 Å². The third-order valence-electron chi connectivity index (χ3n) is 4.33. The number of rotatable bonds is 18. The molecule has 0 amide bonds. The van der Waals surface area contributed by atoms with Gasteiger partial charge in [-0.25, -0.2) is 0 Å². The van der Waals surface area contributed by atoms with E-state index in [1.165, 1.54) is 0 Å². The molecule has 0 radical (unpaired) electrons. The zero-order valence-electron chi connectivity index (χ0n) is 18.9. The summed E-state index contributed by atoms with van der Waals surface area (Å²) in [6.07, 6.45) is 1.85. The van der Waals surface area contributed by atoms with Crippen LogP contribution in [0.1, 0.15) is 40.5 Å². The van der Waals surface area contributed by atoms with E-state index in [0.717, 1.165) is 51.1 Å². The van der Waals surface area contributed by atoms with Crippen LogP contribution in [0, 0.1) is 11.8 Å². The van der Waals surface area contributed by atoms with Gasteiger partial charge in [0.05, 0.1) is 0 Å². The average Bonchev–Trinajstić information content (AvgIpc) is 2.65. The summed E-state index contributed by atoms with van der Waals surface area (Å²) < 4.78 is 29.4. The lowest BCUT2D eigenvalue weighted by Gasteiger charge is -2.35. The molecule has 0 fully saturated rings. The maximum absolute atomic E-state index is 6.41. The van der Waals surface area contributed by atoms with Crippen molar-refractivity contribution in [3.8, 4) is 0 Å². The summed E-state index contributed by atoms with van der Waals surface area (Å²) in [5.74, 6) is 1.28. The fourth-order valence-corrected chi connectivity index (χ4v) is 9.14. The van der Waals surface area contributed by atoms with Crippen molar-refractivity contribution >= 4 is 17.6 Å². The molecule has 0 saturated heterocycles. The molecule has 27 heavy (non-hydrogen) atoms. The molecular formula is C18H44N2O5Si2. The second kappa shape index (κ2) is 15.1. The van der Waals surface area contributed by atoms with Gasteiger partial charge in [-0.3, -0.25) is 0 Å². The first-order valence-corrected chi connectivity index (χ1v) is 14.0. The van der Waals surface area contributed by atoms with E-state index in [2.05, 4.69) is 38.3 Å². The highest BCUT2D eigenvalue weighted by Crippen LogP contribution is 2.26. The second-order valence-corrected chi connectivity index (χ2v) is 13.9. The van der Waals surface area contributed by atoms with Gasteiger partial charge in [0.25, 0.3) is 0 Å². The number of hydrogen-bond acceptors (Lipinski definition) is 7. The molecule has 0 bridgehead atoms. The van der Waals surface area contributed by atoms with Gasteiger partial charge >= 0.3 is 17.6 Å². The Morgan fingerprint density at radius 1 is 0.630 bits per heavy atom. The predicted octanol–water partition coefficient (Wildman–Crippen LogP) is 2.74. The van der Waals surface area contributed by atoms with Gasteiger partial charge in [0.2, 0.25) is 0 Å². The maximum atomic E-state index is 6.41. The zero-order valence-corrected chi connectivity index (χ0v) is 20.9. The van der Waals surface area contributed by atoms with E-state index in [4.69, 9.17) is 21.8 Å². The van der Waals surface area contributed by atoms with Crippen molar-refractivity contribution < 1.29 is 21.8 Å². The van der Waals surface area contributed by atoms with E-state index >= 15 is 0 Å². The van der Waals surface area contributed by atoms with Gasteiger partial charge in [0.1, 0.15) is 0 Å². The Bertz CT molecular complexity index is 323. The van der Waals surface area contributed by atoms with Crippen molar-refractivity contribution in [2.75, 3.05) is 54.6 Å². The van der Waals surface area contributed by atoms with Crippen LogP contribution in [0.2, 0.25) is 12.1 Å². The lowest BCUT2D eigenvalue weighted by molar-refractivity contribution is 0.0859. The largest absolute Gasteiger partial charge is 0.493 e.